The van der Waals surface area contributed by atoms with Crippen molar-refractivity contribution in [3.05, 3.63) is 35.4 Å². The molecule has 5 heteroatoms. The Labute approximate surface area is 118 Å². The molecular weight excluding hydrogens is 256 g/mol. The van der Waals surface area contributed by atoms with Crippen LogP contribution in [0.2, 0.25) is 0 Å². The highest BCUT2D eigenvalue weighted by atomic mass is 16.8. The topological polar surface area (TPSA) is 59.6 Å². The van der Waals surface area contributed by atoms with Gasteiger partial charge >= 0.3 is 6.03 Å². The maximum Gasteiger partial charge on any atom is 0.338 e. The number of urea groups is 1. The predicted molar refractivity (Wildman–Crippen MR) is 74.1 cm³/mol. The van der Waals surface area contributed by atoms with Crippen LogP contribution in [0.15, 0.2) is 24.3 Å². The molecular formula is C15H20N2O3. The van der Waals surface area contributed by atoms with Crippen molar-refractivity contribution in [2.24, 2.45) is 0 Å². The second kappa shape index (κ2) is 6.24. The van der Waals surface area contributed by atoms with Crippen LogP contribution >= 0.6 is 0 Å². The largest absolute Gasteiger partial charge is 0.350 e. The van der Waals surface area contributed by atoms with Crippen molar-refractivity contribution in [1.82, 2.24) is 10.8 Å². The maximum absolute atomic E-state index is 11.6. The summed E-state index contributed by atoms with van der Waals surface area (Å²) in [5.41, 5.74) is 5.12. The fourth-order valence-electron chi connectivity index (χ4n) is 2.72. The normalized spacial score (nSPS) is 24.4. The van der Waals surface area contributed by atoms with E-state index in [4.69, 9.17) is 9.57 Å². The van der Waals surface area contributed by atoms with Gasteiger partial charge in [0.25, 0.3) is 0 Å². The highest BCUT2D eigenvalue weighted by molar-refractivity contribution is 5.72. The molecule has 108 valence electrons. The molecule has 2 atom stereocenters. The van der Waals surface area contributed by atoms with Crippen molar-refractivity contribution < 1.29 is 14.4 Å². The van der Waals surface area contributed by atoms with Gasteiger partial charge in [-0.05, 0) is 30.4 Å². The van der Waals surface area contributed by atoms with Gasteiger partial charge in [0.15, 0.2) is 6.29 Å². The summed E-state index contributed by atoms with van der Waals surface area (Å²) >= 11 is 0. The minimum atomic E-state index is -0.307. The Morgan fingerprint density at radius 3 is 3.05 bits per heavy atom. The van der Waals surface area contributed by atoms with Gasteiger partial charge in [0.2, 0.25) is 0 Å². The molecule has 1 aromatic carbocycles. The molecule has 1 heterocycles. The summed E-state index contributed by atoms with van der Waals surface area (Å²) in [6.07, 6.45) is 3.69. The lowest BCUT2D eigenvalue weighted by molar-refractivity contribution is -0.186. The molecule has 1 saturated heterocycles. The number of hydrogen-bond acceptors (Lipinski definition) is 3. The Hall–Kier alpha value is -1.59. The molecule has 0 aromatic heterocycles. The minimum absolute atomic E-state index is 0.302. The zero-order chi connectivity index (χ0) is 13.8. The first kappa shape index (κ1) is 13.4. The first-order valence-corrected chi connectivity index (χ1v) is 7.22. The number of hydrogen-bond donors (Lipinski definition) is 2. The van der Waals surface area contributed by atoms with E-state index in [1.165, 1.54) is 11.1 Å². The number of carbonyl (C=O) groups excluding carboxylic acids is 1. The molecule has 1 aliphatic heterocycles. The molecule has 5 nitrogen and oxygen atoms in total. The third-order valence-electron chi connectivity index (χ3n) is 3.89. The molecule has 0 spiro atoms. The lowest BCUT2D eigenvalue weighted by Gasteiger charge is -2.30. The number of ether oxygens (including phenoxy) is 1. The SMILES string of the molecule is O=C(NCC1Cc2ccccc21)NOC1CCCCO1. The van der Waals surface area contributed by atoms with Crippen molar-refractivity contribution in [2.75, 3.05) is 13.2 Å². The van der Waals surface area contributed by atoms with Crippen LogP contribution in [0.5, 0.6) is 0 Å². The lowest BCUT2D eigenvalue weighted by Crippen LogP contribution is -2.42. The molecule has 2 N–H and O–H groups in total. The first-order valence-electron chi connectivity index (χ1n) is 7.22. The average Bonchev–Trinajstić information content (AvgIpc) is 2.47. The van der Waals surface area contributed by atoms with E-state index in [9.17, 15) is 4.79 Å². The van der Waals surface area contributed by atoms with Crippen molar-refractivity contribution in [3.8, 4) is 0 Å². The smallest absolute Gasteiger partial charge is 0.338 e. The number of benzene rings is 1. The fourth-order valence-corrected chi connectivity index (χ4v) is 2.72. The van der Waals surface area contributed by atoms with E-state index in [0.29, 0.717) is 19.1 Å². The van der Waals surface area contributed by atoms with Crippen LogP contribution in [0.25, 0.3) is 0 Å². The summed E-state index contributed by atoms with van der Waals surface area (Å²) < 4.78 is 5.37. The van der Waals surface area contributed by atoms with E-state index in [1.807, 2.05) is 12.1 Å². The van der Waals surface area contributed by atoms with Gasteiger partial charge in [-0.1, -0.05) is 24.3 Å². The highest BCUT2D eigenvalue weighted by Crippen LogP contribution is 2.33. The maximum atomic E-state index is 11.6. The standard InChI is InChI=1S/C15H20N2O3/c18-15(17-20-14-7-3-4-8-19-14)16-10-12-9-11-5-1-2-6-13(11)12/h1-2,5-6,12,14H,3-4,7-10H2,(H2,16,17,18). The van der Waals surface area contributed by atoms with Gasteiger partial charge in [0.1, 0.15) is 0 Å². The number of nitrogens with one attached hydrogen (secondary N) is 2. The Bertz CT molecular complexity index is 472. The van der Waals surface area contributed by atoms with Crippen LogP contribution < -0.4 is 10.8 Å². The Morgan fingerprint density at radius 1 is 1.35 bits per heavy atom. The van der Waals surface area contributed by atoms with E-state index in [-0.39, 0.29) is 12.3 Å². The van der Waals surface area contributed by atoms with E-state index in [2.05, 4.69) is 22.9 Å². The summed E-state index contributed by atoms with van der Waals surface area (Å²) in [5.74, 6) is 0.419. The first-order chi connectivity index (χ1) is 9.83. The van der Waals surface area contributed by atoms with Crippen molar-refractivity contribution in [1.29, 1.82) is 0 Å². The van der Waals surface area contributed by atoms with Gasteiger partial charge in [-0.25, -0.2) is 15.1 Å². The molecule has 2 amide bonds. The molecule has 3 rings (SSSR count). The van der Waals surface area contributed by atoms with Gasteiger partial charge in [-0.3, -0.25) is 0 Å². The van der Waals surface area contributed by atoms with Crippen LogP contribution in [-0.2, 0) is 16.0 Å². The van der Waals surface area contributed by atoms with Crippen LogP contribution in [0, 0.1) is 0 Å². The molecule has 0 bridgehead atoms. The van der Waals surface area contributed by atoms with Gasteiger partial charge in [0, 0.05) is 25.5 Å². The van der Waals surface area contributed by atoms with Crippen molar-refractivity contribution >= 4 is 6.03 Å². The number of rotatable bonds is 4. The highest BCUT2D eigenvalue weighted by Gasteiger charge is 2.25. The number of carbonyl (C=O) groups is 1. The monoisotopic (exact) mass is 276 g/mol. The second-order valence-electron chi connectivity index (χ2n) is 5.33. The quantitative estimate of drug-likeness (QED) is 0.828. The van der Waals surface area contributed by atoms with Gasteiger partial charge in [-0.15, -0.1) is 0 Å². The van der Waals surface area contributed by atoms with E-state index >= 15 is 0 Å². The van der Waals surface area contributed by atoms with Gasteiger partial charge in [-0.2, -0.15) is 0 Å². The third-order valence-corrected chi connectivity index (χ3v) is 3.89. The van der Waals surface area contributed by atoms with E-state index in [1.54, 1.807) is 0 Å². The third kappa shape index (κ3) is 3.11. The van der Waals surface area contributed by atoms with Gasteiger partial charge < -0.3 is 10.1 Å². The molecule has 1 aromatic rings. The van der Waals surface area contributed by atoms with Crippen LogP contribution in [-0.4, -0.2) is 25.5 Å². The van der Waals surface area contributed by atoms with Crippen LogP contribution in [0.1, 0.15) is 36.3 Å². The molecule has 1 aliphatic carbocycles. The Morgan fingerprint density at radius 2 is 2.25 bits per heavy atom. The summed E-state index contributed by atoms with van der Waals surface area (Å²) in [7, 11) is 0. The van der Waals surface area contributed by atoms with E-state index in [0.717, 1.165) is 25.7 Å². The lowest BCUT2D eigenvalue weighted by atomic mass is 9.78. The fraction of sp³-hybridized carbons (Fsp3) is 0.533. The molecule has 2 unspecified atom stereocenters. The molecule has 0 radical (unpaired) electrons. The number of hydroxylamine groups is 1. The predicted octanol–water partition coefficient (Wildman–Crippen LogP) is 2.08. The van der Waals surface area contributed by atoms with Crippen molar-refractivity contribution in [2.45, 2.75) is 37.9 Å². The summed E-state index contributed by atoms with van der Waals surface area (Å²) in [6.45, 7) is 1.34. The van der Waals surface area contributed by atoms with E-state index < -0.39 is 0 Å². The van der Waals surface area contributed by atoms with Crippen LogP contribution in [0.3, 0.4) is 0 Å². The van der Waals surface area contributed by atoms with Crippen LogP contribution in [0.4, 0.5) is 4.79 Å². The molecule has 2 aliphatic rings. The zero-order valence-electron chi connectivity index (χ0n) is 11.4. The zero-order valence-corrected chi connectivity index (χ0v) is 11.4. The summed E-state index contributed by atoms with van der Waals surface area (Å²) in [4.78, 5) is 16.9. The number of fused-ring (bicyclic) bond motifs is 1. The summed E-state index contributed by atoms with van der Waals surface area (Å²) in [6, 6.07) is 8.04. The molecule has 20 heavy (non-hydrogen) atoms. The molecule has 1 fully saturated rings. The average molecular weight is 276 g/mol. The second-order valence-corrected chi connectivity index (χ2v) is 5.33. The molecule has 0 saturated carbocycles. The van der Waals surface area contributed by atoms with Gasteiger partial charge in [0.05, 0.1) is 0 Å². The Kier molecular flexibility index (Phi) is 4.18. The van der Waals surface area contributed by atoms with Crippen molar-refractivity contribution in [3.63, 3.8) is 0 Å². The summed E-state index contributed by atoms with van der Waals surface area (Å²) in [5, 5.41) is 2.83. The number of amides is 2. The minimum Gasteiger partial charge on any atom is -0.350 e. The Balaban J connectivity index is 1.36.